The molecule has 0 aromatic heterocycles. The Labute approximate surface area is 163 Å². The van der Waals surface area contributed by atoms with Crippen molar-refractivity contribution in [1.82, 2.24) is 0 Å². The van der Waals surface area contributed by atoms with E-state index in [0.29, 0.717) is 15.8 Å². The van der Waals surface area contributed by atoms with Gasteiger partial charge in [0, 0.05) is 5.41 Å². The fourth-order valence-electron chi connectivity index (χ4n) is 2.46. The number of hydrogen-bond donors (Lipinski definition) is 1. The van der Waals surface area contributed by atoms with Gasteiger partial charge in [-0.2, -0.15) is 0 Å². The molecule has 0 bridgehead atoms. The molecule has 0 aliphatic heterocycles. The van der Waals surface area contributed by atoms with Crippen molar-refractivity contribution in [2.24, 2.45) is 0 Å². The maximum absolute atomic E-state index is 9.52. The molecule has 3 nitrogen and oxygen atoms in total. The monoisotopic (exact) mass is 402 g/mol. The number of alkyl halides is 1. The third kappa shape index (κ3) is 4.73. The van der Waals surface area contributed by atoms with Crippen molar-refractivity contribution in [3.05, 3.63) is 57.6 Å². The van der Waals surface area contributed by atoms with Crippen LogP contribution in [0.4, 0.5) is 0 Å². The average Bonchev–Trinajstić information content (AvgIpc) is 2.60. The van der Waals surface area contributed by atoms with Gasteiger partial charge in [-0.1, -0.05) is 49.2 Å². The number of benzene rings is 2. The van der Waals surface area contributed by atoms with Crippen molar-refractivity contribution in [2.45, 2.75) is 25.4 Å². The summed E-state index contributed by atoms with van der Waals surface area (Å²) in [5.74, 6) is 1.23. The number of methoxy groups -OCH3 is 1. The number of halogens is 3. The van der Waals surface area contributed by atoms with E-state index in [2.05, 4.69) is 13.8 Å². The minimum Gasteiger partial charge on any atom is -0.497 e. The number of ether oxygens (including phenoxy) is 2. The maximum Gasteiger partial charge on any atom is 0.156 e. The molecule has 6 heteroatoms. The summed E-state index contributed by atoms with van der Waals surface area (Å²) in [7, 11) is 1.64. The van der Waals surface area contributed by atoms with Crippen LogP contribution >= 0.6 is 34.8 Å². The summed E-state index contributed by atoms with van der Waals surface area (Å²) < 4.78 is 10.7. The fourth-order valence-corrected chi connectivity index (χ4v) is 3.14. The average molecular weight is 404 g/mol. The van der Waals surface area contributed by atoms with Crippen LogP contribution in [0.15, 0.2) is 36.4 Å². The summed E-state index contributed by atoms with van der Waals surface area (Å²) in [6.45, 7) is 4.22. The van der Waals surface area contributed by atoms with Crippen LogP contribution in [-0.2, 0) is 5.41 Å². The van der Waals surface area contributed by atoms with E-state index in [1.807, 2.05) is 36.4 Å². The largest absolute Gasteiger partial charge is 0.497 e. The van der Waals surface area contributed by atoms with E-state index in [1.54, 1.807) is 7.11 Å². The Morgan fingerprint density at radius 1 is 1.04 bits per heavy atom. The molecule has 1 atom stereocenters. The van der Waals surface area contributed by atoms with E-state index in [1.165, 1.54) is 0 Å². The lowest BCUT2D eigenvalue weighted by molar-refractivity contribution is 0.125. The Bertz CT molecular complexity index is 691. The Hall–Kier alpha value is -1.13. The molecule has 0 amide bonds. The molecular formula is C19H21Cl3O3. The van der Waals surface area contributed by atoms with Crippen molar-refractivity contribution >= 4 is 34.8 Å². The first-order valence-electron chi connectivity index (χ1n) is 7.80. The Morgan fingerprint density at radius 3 is 2.08 bits per heavy atom. The van der Waals surface area contributed by atoms with Crippen LogP contribution in [-0.4, -0.2) is 30.8 Å². The zero-order chi connectivity index (χ0) is 18.6. The molecule has 1 N–H and O–H groups in total. The van der Waals surface area contributed by atoms with Gasteiger partial charge < -0.3 is 14.6 Å². The summed E-state index contributed by atoms with van der Waals surface area (Å²) >= 11 is 18.3. The van der Waals surface area contributed by atoms with Gasteiger partial charge in [0.2, 0.25) is 0 Å². The van der Waals surface area contributed by atoms with E-state index in [9.17, 15) is 5.11 Å². The number of rotatable bonds is 7. The minimum atomic E-state index is -0.774. The van der Waals surface area contributed by atoms with Gasteiger partial charge in [-0.25, -0.2) is 0 Å². The zero-order valence-electron chi connectivity index (χ0n) is 14.4. The van der Waals surface area contributed by atoms with Crippen LogP contribution in [0.5, 0.6) is 11.5 Å². The summed E-state index contributed by atoms with van der Waals surface area (Å²) in [5, 5.41) is 10.3. The summed E-state index contributed by atoms with van der Waals surface area (Å²) in [6.07, 6.45) is -0.774. The van der Waals surface area contributed by atoms with Crippen LogP contribution in [0.3, 0.4) is 0 Å². The molecule has 2 aromatic carbocycles. The molecule has 0 radical (unpaired) electrons. The van der Waals surface area contributed by atoms with Crippen molar-refractivity contribution in [1.29, 1.82) is 0 Å². The molecule has 1 unspecified atom stereocenters. The third-order valence-corrected chi connectivity index (χ3v) is 5.05. The zero-order valence-corrected chi connectivity index (χ0v) is 16.6. The fraction of sp³-hybridized carbons (Fsp3) is 0.368. The quantitative estimate of drug-likeness (QED) is 0.637. The van der Waals surface area contributed by atoms with Gasteiger partial charge >= 0.3 is 0 Å². The minimum absolute atomic E-state index is 0.0319. The van der Waals surface area contributed by atoms with Crippen LogP contribution in [0.1, 0.15) is 25.0 Å². The summed E-state index contributed by atoms with van der Waals surface area (Å²) in [5.41, 5.74) is 1.75. The normalized spacial score (nSPS) is 12.8. The second kappa shape index (κ2) is 8.50. The van der Waals surface area contributed by atoms with Crippen molar-refractivity contribution in [3.8, 4) is 11.5 Å². The van der Waals surface area contributed by atoms with Crippen LogP contribution in [0.2, 0.25) is 10.0 Å². The van der Waals surface area contributed by atoms with Crippen molar-refractivity contribution in [2.75, 3.05) is 19.6 Å². The lowest BCUT2D eigenvalue weighted by Gasteiger charge is -2.27. The Morgan fingerprint density at radius 2 is 1.60 bits per heavy atom. The Kier molecular flexibility index (Phi) is 6.86. The molecule has 0 spiro atoms. The van der Waals surface area contributed by atoms with Crippen LogP contribution in [0.25, 0.3) is 0 Å². The highest BCUT2D eigenvalue weighted by atomic mass is 35.5. The predicted molar refractivity (Wildman–Crippen MR) is 104 cm³/mol. The lowest BCUT2D eigenvalue weighted by atomic mass is 9.78. The number of aliphatic hydroxyl groups is 1. The molecule has 2 aromatic rings. The van der Waals surface area contributed by atoms with Gasteiger partial charge in [-0.15, -0.1) is 11.6 Å². The smallest absolute Gasteiger partial charge is 0.156 e. The lowest BCUT2D eigenvalue weighted by Crippen LogP contribution is -2.20. The van der Waals surface area contributed by atoms with E-state index >= 15 is 0 Å². The van der Waals surface area contributed by atoms with Gasteiger partial charge in [0.05, 0.1) is 23.0 Å². The summed E-state index contributed by atoms with van der Waals surface area (Å²) in [6, 6.07) is 11.5. The number of hydrogen-bond acceptors (Lipinski definition) is 3. The van der Waals surface area contributed by atoms with Gasteiger partial charge in [0.15, 0.2) is 5.75 Å². The molecule has 2 rings (SSSR count). The molecule has 0 saturated heterocycles. The predicted octanol–water partition coefficient (Wildman–Crippen LogP) is 5.31. The van der Waals surface area contributed by atoms with Gasteiger partial charge in [0.25, 0.3) is 0 Å². The van der Waals surface area contributed by atoms with E-state index < -0.39 is 6.10 Å². The number of aliphatic hydroxyl groups excluding tert-OH is 1. The summed E-state index contributed by atoms with van der Waals surface area (Å²) in [4.78, 5) is 0. The molecule has 0 saturated carbocycles. The molecule has 0 fully saturated rings. The first kappa shape index (κ1) is 20.2. The second-order valence-electron chi connectivity index (χ2n) is 6.24. The third-order valence-electron chi connectivity index (χ3n) is 4.13. The molecule has 136 valence electrons. The van der Waals surface area contributed by atoms with E-state index in [-0.39, 0.29) is 17.9 Å². The maximum atomic E-state index is 9.52. The SMILES string of the molecule is COc1ccc(C(C)(C)c2cc(Cl)c(OCC(O)CCl)c(Cl)c2)cc1. The molecule has 0 heterocycles. The highest BCUT2D eigenvalue weighted by molar-refractivity contribution is 6.37. The standard InChI is InChI=1S/C19H21Cl3O3/c1-19(2,12-4-6-15(24-3)7-5-12)13-8-16(21)18(17(22)9-13)25-11-14(23)10-20/h4-9,14,23H,10-11H2,1-3H3. The molecule has 0 aliphatic carbocycles. The highest BCUT2D eigenvalue weighted by Crippen LogP contribution is 2.40. The van der Waals surface area contributed by atoms with Crippen molar-refractivity contribution < 1.29 is 14.6 Å². The topological polar surface area (TPSA) is 38.7 Å². The molecule has 25 heavy (non-hydrogen) atoms. The highest BCUT2D eigenvalue weighted by Gasteiger charge is 2.25. The van der Waals surface area contributed by atoms with Gasteiger partial charge in [-0.05, 0) is 35.4 Å². The molecular weight excluding hydrogens is 383 g/mol. The first-order chi connectivity index (χ1) is 11.8. The van der Waals surface area contributed by atoms with E-state index in [0.717, 1.165) is 16.9 Å². The Balaban J connectivity index is 2.31. The molecule has 0 aliphatic rings. The van der Waals surface area contributed by atoms with Crippen LogP contribution in [0, 0.1) is 0 Å². The second-order valence-corrected chi connectivity index (χ2v) is 7.36. The van der Waals surface area contributed by atoms with Crippen molar-refractivity contribution in [3.63, 3.8) is 0 Å². The van der Waals surface area contributed by atoms with Crippen LogP contribution < -0.4 is 9.47 Å². The van der Waals surface area contributed by atoms with E-state index in [4.69, 9.17) is 44.3 Å². The first-order valence-corrected chi connectivity index (χ1v) is 9.09. The van der Waals surface area contributed by atoms with Gasteiger partial charge in [-0.3, -0.25) is 0 Å². The van der Waals surface area contributed by atoms with Gasteiger partial charge in [0.1, 0.15) is 18.5 Å².